The van der Waals surface area contributed by atoms with Crippen LogP contribution in [0, 0.1) is 0 Å². The highest BCUT2D eigenvalue weighted by molar-refractivity contribution is 7.15. The van der Waals surface area contributed by atoms with Gasteiger partial charge in [-0.25, -0.2) is 9.97 Å². The van der Waals surface area contributed by atoms with Gasteiger partial charge < -0.3 is 9.88 Å². The molecule has 3 aromatic heterocycles. The fraction of sp³-hybridized carbons (Fsp3) is 0.133. The van der Waals surface area contributed by atoms with Gasteiger partial charge >= 0.3 is 0 Å². The minimum absolute atomic E-state index is 0.139. The second kappa shape index (κ2) is 5.36. The first-order valence-corrected chi connectivity index (χ1v) is 8.18. The molecule has 0 aliphatic rings. The van der Waals surface area contributed by atoms with Crippen molar-refractivity contribution in [3.8, 4) is 0 Å². The van der Waals surface area contributed by atoms with Crippen LogP contribution in [0.4, 0.5) is 0 Å². The molecule has 0 radical (unpaired) electrons. The Kier molecular flexibility index (Phi) is 3.32. The number of carbonyl (C=O) groups excluding carboxylic acids is 1. The van der Waals surface area contributed by atoms with E-state index in [9.17, 15) is 4.79 Å². The Morgan fingerprint density at radius 2 is 2.30 bits per heavy atom. The van der Waals surface area contributed by atoms with E-state index in [0.29, 0.717) is 23.1 Å². The van der Waals surface area contributed by atoms with Crippen LogP contribution >= 0.6 is 22.9 Å². The Labute approximate surface area is 140 Å². The number of hydrogen-bond acceptors (Lipinski definition) is 4. The first-order valence-electron chi connectivity index (χ1n) is 6.92. The third kappa shape index (κ3) is 2.58. The van der Waals surface area contributed by atoms with Crippen LogP contribution in [0.25, 0.3) is 16.0 Å². The summed E-state index contributed by atoms with van der Waals surface area (Å²) in [6.07, 6.45) is 3.62. The topological polar surface area (TPSA) is 66.3 Å². The number of thiazole rings is 1. The SMILES string of the molecule is CN(Cc1nc2ccc(Cl)cc2[nH]1)C(=O)c1cn2ccsc2n1. The molecule has 8 heteroatoms. The molecule has 0 bridgehead atoms. The van der Waals surface area contributed by atoms with E-state index in [1.807, 2.05) is 28.1 Å². The quantitative estimate of drug-likeness (QED) is 0.620. The zero-order valence-corrected chi connectivity index (χ0v) is 13.7. The third-order valence-corrected chi connectivity index (χ3v) is 4.54. The summed E-state index contributed by atoms with van der Waals surface area (Å²) in [5, 5.41) is 2.58. The molecule has 0 aliphatic carbocycles. The van der Waals surface area contributed by atoms with Gasteiger partial charge in [0.2, 0.25) is 0 Å². The van der Waals surface area contributed by atoms with Crippen molar-refractivity contribution >= 4 is 44.8 Å². The van der Waals surface area contributed by atoms with Gasteiger partial charge in [-0.15, -0.1) is 11.3 Å². The van der Waals surface area contributed by atoms with Crippen LogP contribution in [-0.4, -0.2) is 37.2 Å². The molecule has 4 rings (SSSR count). The third-order valence-electron chi connectivity index (χ3n) is 3.54. The molecule has 1 N–H and O–H groups in total. The van der Waals surface area contributed by atoms with Crippen molar-refractivity contribution in [1.82, 2.24) is 24.3 Å². The molecule has 0 aliphatic heterocycles. The fourth-order valence-electron chi connectivity index (χ4n) is 2.43. The van der Waals surface area contributed by atoms with Gasteiger partial charge in [-0.2, -0.15) is 0 Å². The van der Waals surface area contributed by atoms with E-state index in [4.69, 9.17) is 11.6 Å². The maximum absolute atomic E-state index is 12.5. The Morgan fingerprint density at radius 3 is 3.13 bits per heavy atom. The molecule has 1 aromatic carbocycles. The van der Waals surface area contributed by atoms with Crippen molar-refractivity contribution in [2.24, 2.45) is 0 Å². The van der Waals surface area contributed by atoms with Crippen molar-refractivity contribution in [3.05, 3.63) is 52.5 Å². The van der Waals surface area contributed by atoms with Gasteiger partial charge in [0.25, 0.3) is 5.91 Å². The van der Waals surface area contributed by atoms with Crippen LogP contribution < -0.4 is 0 Å². The average molecular weight is 346 g/mol. The van der Waals surface area contributed by atoms with Crippen LogP contribution in [0.15, 0.2) is 36.0 Å². The number of amides is 1. The summed E-state index contributed by atoms with van der Waals surface area (Å²) in [5.74, 6) is 0.568. The molecular formula is C15H12ClN5OS. The lowest BCUT2D eigenvalue weighted by molar-refractivity contribution is 0.0777. The van der Waals surface area contributed by atoms with Crippen molar-refractivity contribution in [2.45, 2.75) is 6.54 Å². The number of halogens is 1. The maximum Gasteiger partial charge on any atom is 0.274 e. The largest absolute Gasteiger partial charge is 0.340 e. The molecule has 0 atom stereocenters. The van der Waals surface area contributed by atoms with Gasteiger partial charge in [0.1, 0.15) is 11.5 Å². The number of benzene rings is 1. The van der Waals surface area contributed by atoms with Crippen molar-refractivity contribution < 1.29 is 4.79 Å². The molecule has 0 saturated carbocycles. The van der Waals surface area contributed by atoms with Gasteiger partial charge in [0.15, 0.2) is 4.96 Å². The lowest BCUT2D eigenvalue weighted by Crippen LogP contribution is -2.27. The summed E-state index contributed by atoms with van der Waals surface area (Å²) in [5.41, 5.74) is 2.11. The van der Waals surface area contributed by atoms with Crippen LogP contribution in [0.3, 0.4) is 0 Å². The van der Waals surface area contributed by atoms with Gasteiger partial charge in [-0.3, -0.25) is 9.20 Å². The highest BCUT2D eigenvalue weighted by Gasteiger charge is 2.17. The van der Waals surface area contributed by atoms with E-state index in [2.05, 4.69) is 15.0 Å². The number of fused-ring (bicyclic) bond motifs is 2. The predicted octanol–water partition coefficient (Wildman–Crippen LogP) is 3.20. The van der Waals surface area contributed by atoms with Gasteiger partial charge in [0, 0.05) is 29.8 Å². The zero-order chi connectivity index (χ0) is 16.0. The average Bonchev–Trinajstić information content (AvgIpc) is 3.18. The lowest BCUT2D eigenvalue weighted by Gasteiger charge is -2.13. The van der Waals surface area contributed by atoms with Crippen LogP contribution in [0.5, 0.6) is 0 Å². The van der Waals surface area contributed by atoms with E-state index in [1.165, 1.54) is 11.3 Å². The van der Waals surface area contributed by atoms with Crippen LogP contribution in [-0.2, 0) is 6.54 Å². The van der Waals surface area contributed by atoms with E-state index in [-0.39, 0.29) is 5.91 Å². The molecule has 116 valence electrons. The van der Waals surface area contributed by atoms with Gasteiger partial charge in [-0.05, 0) is 18.2 Å². The Hall–Kier alpha value is -2.38. The van der Waals surface area contributed by atoms with Gasteiger partial charge in [0.05, 0.1) is 17.6 Å². The van der Waals surface area contributed by atoms with E-state index in [1.54, 1.807) is 24.2 Å². The molecule has 0 saturated heterocycles. The predicted molar refractivity (Wildman–Crippen MR) is 90.0 cm³/mol. The smallest absolute Gasteiger partial charge is 0.274 e. The molecule has 4 aromatic rings. The second-order valence-corrected chi connectivity index (χ2v) is 6.53. The van der Waals surface area contributed by atoms with E-state index in [0.717, 1.165) is 16.0 Å². The monoisotopic (exact) mass is 345 g/mol. The van der Waals surface area contributed by atoms with Crippen molar-refractivity contribution in [1.29, 1.82) is 0 Å². The fourth-order valence-corrected chi connectivity index (χ4v) is 3.30. The minimum Gasteiger partial charge on any atom is -0.340 e. The lowest BCUT2D eigenvalue weighted by atomic mass is 10.3. The van der Waals surface area contributed by atoms with Crippen LogP contribution in [0.2, 0.25) is 5.02 Å². The molecule has 23 heavy (non-hydrogen) atoms. The highest BCUT2D eigenvalue weighted by atomic mass is 35.5. The minimum atomic E-state index is -0.139. The Morgan fingerprint density at radius 1 is 1.43 bits per heavy atom. The first kappa shape index (κ1) is 14.2. The van der Waals surface area contributed by atoms with E-state index >= 15 is 0 Å². The summed E-state index contributed by atoms with van der Waals surface area (Å²) in [6, 6.07) is 5.46. The first-order chi connectivity index (χ1) is 11.1. The van der Waals surface area contributed by atoms with Crippen molar-refractivity contribution in [3.63, 3.8) is 0 Å². The highest BCUT2D eigenvalue weighted by Crippen LogP contribution is 2.18. The van der Waals surface area contributed by atoms with E-state index < -0.39 is 0 Å². The number of nitrogens with one attached hydrogen (secondary N) is 1. The molecule has 3 heterocycles. The zero-order valence-electron chi connectivity index (χ0n) is 12.2. The Bertz CT molecular complexity index is 989. The number of H-pyrrole nitrogens is 1. The summed E-state index contributed by atoms with van der Waals surface area (Å²) >= 11 is 7.47. The second-order valence-electron chi connectivity index (χ2n) is 5.23. The molecule has 0 unspecified atom stereocenters. The Balaban J connectivity index is 1.56. The molecular weight excluding hydrogens is 334 g/mol. The molecule has 0 fully saturated rings. The maximum atomic E-state index is 12.5. The molecule has 6 nitrogen and oxygen atoms in total. The molecule has 1 amide bonds. The normalized spacial score (nSPS) is 11.4. The number of aromatic amines is 1. The van der Waals surface area contributed by atoms with Crippen molar-refractivity contribution in [2.75, 3.05) is 7.05 Å². The summed E-state index contributed by atoms with van der Waals surface area (Å²) < 4.78 is 1.84. The number of hydrogen-bond donors (Lipinski definition) is 1. The molecule has 0 spiro atoms. The number of rotatable bonds is 3. The number of imidazole rings is 2. The number of carbonyl (C=O) groups is 1. The number of aromatic nitrogens is 4. The number of nitrogens with zero attached hydrogens (tertiary/aromatic N) is 4. The van der Waals surface area contributed by atoms with Gasteiger partial charge in [-0.1, -0.05) is 11.6 Å². The van der Waals surface area contributed by atoms with Crippen LogP contribution in [0.1, 0.15) is 16.3 Å². The summed E-state index contributed by atoms with van der Waals surface area (Å²) in [6.45, 7) is 0.371. The summed E-state index contributed by atoms with van der Waals surface area (Å²) in [7, 11) is 1.73. The summed E-state index contributed by atoms with van der Waals surface area (Å²) in [4.78, 5) is 26.9. The standard InChI is InChI=1S/C15H12ClN5OS/c1-20(14(22)12-7-21-4-5-23-15(21)19-12)8-13-17-10-3-2-9(16)6-11(10)18-13/h2-7H,8H2,1H3,(H,17,18).